The third kappa shape index (κ3) is 5.51. The van der Waals surface area contributed by atoms with Gasteiger partial charge in [-0.25, -0.2) is 0 Å². The van der Waals surface area contributed by atoms with Gasteiger partial charge in [-0.1, -0.05) is 13.8 Å². The third-order valence-electron chi connectivity index (χ3n) is 3.22. The van der Waals surface area contributed by atoms with Gasteiger partial charge in [-0.15, -0.1) is 11.3 Å². The number of halogens is 1. The summed E-state index contributed by atoms with van der Waals surface area (Å²) in [5.74, 6) is 0.716. The summed E-state index contributed by atoms with van der Waals surface area (Å²) in [4.78, 5) is 3.80. The first-order valence-electron chi connectivity index (χ1n) is 6.14. The molecule has 0 aliphatic carbocycles. The van der Waals surface area contributed by atoms with Crippen LogP contribution >= 0.6 is 27.3 Å². The summed E-state index contributed by atoms with van der Waals surface area (Å²) >= 11 is 5.27. The number of nitrogens with zero attached hydrogens (tertiary/aromatic N) is 1. The Kier molecular flexibility index (Phi) is 6.70. The van der Waals surface area contributed by atoms with Gasteiger partial charge in [-0.3, -0.25) is 0 Å². The van der Waals surface area contributed by atoms with Gasteiger partial charge < -0.3 is 10.2 Å². The van der Waals surface area contributed by atoms with Crippen LogP contribution in [0.15, 0.2) is 15.9 Å². The van der Waals surface area contributed by atoms with Crippen LogP contribution in [0.4, 0.5) is 0 Å². The fraction of sp³-hybridized carbons (Fsp3) is 0.692. The Morgan fingerprint density at radius 1 is 1.41 bits per heavy atom. The Bertz CT molecular complexity index is 325. The Balaban J connectivity index is 2.16. The highest BCUT2D eigenvalue weighted by Gasteiger charge is 2.11. The van der Waals surface area contributed by atoms with Crippen molar-refractivity contribution < 1.29 is 0 Å². The smallest absolute Gasteiger partial charge is 0.0300 e. The van der Waals surface area contributed by atoms with Crippen molar-refractivity contribution >= 4 is 27.3 Å². The highest BCUT2D eigenvalue weighted by molar-refractivity contribution is 9.10. The quantitative estimate of drug-likeness (QED) is 0.773. The molecule has 1 N–H and O–H groups in total. The van der Waals surface area contributed by atoms with Gasteiger partial charge in [-0.05, 0) is 41.9 Å². The molecule has 0 bridgehead atoms. The van der Waals surface area contributed by atoms with E-state index in [0.29, 0.717) is 12.0 Å². The van der Waals surface area contributed by atoms with Crippen LogP contribution in [0.25, 0.3) is 0 Å². The molecular formula is C13H23BrN2S. The van der Waals surface area contributed by atoms with Crippen LogP contribution in [0.5, 0.6) is 0 Å². The van der Waals surface area contributed by atoms with Crippen LogP contribution in [0.2, 0.25) is 0 Å². The zero-order chi connectivity index (χ0) is 12.8. The van der Waals surface area contributed by atoms with E-state index in [1.165, 1.54) is 9.35 Å². The molecule has 1 atom stereocenters. The number of rotatable bonds is 7. The van der Waals surface area contributed by atoms with Gasteiger partial charge in [0.2, 0.25) is 0 Å². The molecule has 1 heterocycles. The van der Waals surface area contributed by atoms with Crippen LogP contribution in [0.1, 0.15) is 25.6 Å². The standard InChI is InChI=1S/C13H23BrN2S/c1-10(2)11(3)16(4)6-5-15-8-13-7-12(14)9-17-13/h7,9-11,15H,5-6,8H2,1-4H3. The number of likely N-dealkylation sites (N-methyl/N-ethyl adjacent to an activating group) is 1. The van der Waals surface area contributed by atoms with Gasteiger partial charge >= 0.3 is 0 Å². The second kappa shape index (κ2) is 7.52. The Morgan fingerprint density at radius 2 is 2.12 bits per heavy atom. The number of hydrogen-bond donors (Lipinski definition) is 1. The van der Waals surface area contributed by atoms with E-state index in [9.17, 15) is 0 Å². The molecule has 2 nitrogen and oxygen atoms in total. The maximum atomic E-state index is 3.49. The van der Waals surface area contributed by atoms with Gasteiger partial charge in [0.1, 0.15) is 0 Å². The molecule has 0 aromatic carbocycles. The van der Waals surface area contributed by atoms with Gasteiger partial charge in [0, 0.05) is 40.4 Å². The first kappa shape index (κ1) is 15.2. The monoisotopic (exact) mass is 318 g/mol. The van der Waals surface area contributed by atoms with E-state index < -0.39 is 0 Å². The van der Waals surface area contributed by atoms with E-state index in [0.717, 1.165) is 19.6 Å². The number of hydrogen-bond acceptors (Lipinski definition) is 3. The summed E-state index contributed by atoms with van der Waals surface area (Å²) in [5.41, 5.74) is 0. The van der Waals surface area contributed by atoms with Crippen molar-refractivity contribution in [2.45, 2.75) is 33.4 Å². The Labute approximate surface area is 118 Å². The molecule has 1 unspecified atom stereocenters. The first-order valence-corrected chi connectivity index (χ1v) is 7.82. The van der Waals surface area contributed by atoms with Gasteiger partial charge in [0.05, 0.1) is 0 Å². The molecule has 17 heavy (non-hydrogen) atoms. The molecule has 0 fully saturated rings. The molecule has 0 aliphatic heterocycles. The predicted molar refractivity (Wildman–Crippen MR) is 80.7 cm³/mol. The number of nitrogens with one attached hydrogen (secondary N) is 1. The minimum atomic E-state index is 0.646. The highest BCUT2D eigenvalue weighted by Crippen LogP contribution is 2.19. The topological polar surface area (TPSA) is 15.3 Å². The molecule has 0 radical (unpaired) electrons. The Hall–Kier alpha value is 0.1000. The molecular weight excluding hydrogens is 296 g/mol. The van der Waals surface area contributed by atoms with Crippen molar-refractivity contribution in [1.29, 1.82) is 0 Å². The fourth-order valence-electron chi connectivity index (χ4n) is 1.63. The summed E-state index contributed by atoms with van der Waals surface area (Å²) in [7, 11) is 2.20. The summed E-state index contributed by atoms with van der Waals surface area (Å²) in [6, 6.07) is 2.82. The number of thiophene rings is 1. The van der Waals surface area contributed by atoms with Crippen molar-refractivity contribution in [1.82, 2.24) is 10.2 Å². The molecule has 1 aromatic heterocycles. The molecule has 0 saturated carbocycles. The van der Waals surface area contributed by atoms with E-state index in [1.807, 2.05) is 0 Å². The lowest BCUT2D eigenvalue weighted by atomic mass is 10.1. The predicted octanol–water partition coefficient (Wildman–Crippen LogP) is 3.58. The normalized spacial score (nSPS) is 13.6. The lowest BCUT2D eigenvalue weighted by Crippen LogP contribution is -2.37. The third-order valence-corrected chi connectivity index (χ3v) is 4.92. The van der Waals surface area contributed by atoms with Gasteiger partial charge in [0.15, 0.2) is 0 Å². The average Bonchev–Trinajstić information content (AvgIpc) is 2.69. The molecule has 0 aliphatic rings. The summed E-state index contributed by atoms with van der Waals surface area (Å²) in [6.07, 6.45) is 0. The second-order valence-electron chi connectivity index (χ2n) is 4.87. The zero-order valence-electron chi connectivity index (χ0n) is 11.2. The average molecular weight is 319 g/mol. The van der Waals surface area contributed by atoms with Gasteiger partial charge in [0.25, 0.3) is 0 Å². The van der Waals surface area contributed by atoms with Crippen molar-refractivity contribution in [2.75, 3.05) is 20.1 Å². The van der Waals surface area contributed by atoms with E-state index >= 15 is 0 Å². The van der Waals surface area contributed by atoms with Crippen LogP contribution in [-0.4, -0.2) is 31.1 Å². The summed E-state index contributed by atoms with van der Waals surface area (Å²) < 4.78 is 1.19. The van der Waals surface area contributed by atoms with Crippen LogP contribution in [0.3, 0.4) is 0 Å². The minimum absolute atomic E-state index is 0.646. The van der Waals surface area contributed by atoms with Crippen molar-refractivity contribution in [2.24, 2.45) is 5.92 Å². The van der Waals surface area contributed by atoms with Gasteiger partial charge in [-0.2, -0.15) is 0 Å². The maximum absolute atomic E-state index is 3.49. The van der Waals surface area contributed by atoms with Crippen molar-refractivity contribution in [3.05, 3.63) is 20.8 Å². The minimum Gasteiger partial charge on any atom is -0.311 e. The van der Waals surface area contributed by atoms with E-state index in [2.05, 4.69) is 65.4 Å². The summed E-state index contributed by atoms with van der Waals surface area (Å²) in [6.45, 7) is 9.96. The second-order valence-corrected chi connectivity index (χ2v) is 6.78. The lowest BCUT2D eigenvalue weighted by Gasteiger charge is -2.27. The van der Waals surface area contributed by atoms with Crippen LogP contribution in [0, 0.1) is 5.92 Å². The highest BCUT2D eigenvalue weighted by atomic mass is 79.9. The molecule has 0 spiro atoms. The fourth-order valence-corrected chi connectivity index (χ4v) is 3.05. The lowest BCUT2D eigenvalue weighted by molar-refractivity contribution is 0.208. The van der Waals surface area contributed by atoms with Crippen LogP contribution in [-0.2, 0) is 6.54 Å². The van der Waals surface area contributed by atoms with E-state index in [-0.39, 0.29) is 0 Å². The molecule has 0 saturated heterocycles. The Morgan fingerprint density at radius 3 is 2.65 bits per heavy atom. The van der Waals surface area contributed by atoms with E-state index in [1.54, 1.807) is 11.3 Å². The molecule has 0 amide bonds. The molecule has 98 valence electrons. The van der Waals surface area contributed by atoms with Crippen molar-refractivity contribution in [3.8, 4) is 0 Å². The SMILES string of the molecule is CC(C)C(C)N(C)CCNCc1cc(Br)cs1. The zero-order valence-corrected chi connectivity index (χ0v) is 13.6. The summed E-state index contributed by atoms with van der Waals surface area (Å²) in [5, 5.41) is 5.62. The largest absolute Gasteiger partial charge is 0.311 e. The first-order chi connectivity index (χ1) is 8.00. The molecule has 4 heteroatoms. The van der Waals surface area contributed by atoms with Crippen molar-refractivity contribution in [3.63, 3.8) is 0 Å². The maximum Gasteiger partial charge on any atom is 0.0300 e. The van der Waals surface area contributed by atoms with E-state index in [4.69, 9.17) is 0 Å². The van der Waals surface area contributed by atoms with Crippen LogP contribution < -0.4 is 5.32 Å². The molecule has 1 rings (SSSR count). The molecule has 1 aromatic rings.